The summed E-state index contributed by atoms with van der Waals surface area (Å²) in [6.45, 7) is 0. The molecule has 1 fully saturated rings. The standard InChI is InChI=1S/C22H23N3O2/c26-21(18-12-6-2-7-13-18)23-20(16-17-10-4-1-5-11-17)22(27)25-24-19-14-8-3-9-15-19/h1-2,4-7,10-13,16H,3,8-9,14-15H2,(H,23,26)(H,25,27)/b20-16-. The lowest BCUT2D eigenvalue weighted by molar-refractivity contribution is -0.117. The Morgan fingerprint density at radius 2 is 1.48 bits per heavy atom. The highest BCUT2D eigenvalue weighted by Crippen LogP contribution is 2.14. The minimum atomic E-state index is -0.429. The van der Waals surface area contributed by atoms with E-state index >= 15 is 0 Å². The zero-order chi connectivity index (χ0) is 18.9. The van der Waals surface area contributed by atoms with E-state index in [2.05, 4.69) is 15.8 Å². The van der Waals surface area contributed by atoms with Crippen molar-refractivity contribution in [2.75, 3.05) is 0 Å². The van der Waals surface area contributed by atoms with E-state index in [4.69, 9.17) is 0 Å². The van der Waals surface area contributed by atoms with E-state index in [1.807, 2.05) is 36.4 Å². The average Bonchev–Trinajstić information content (AvgIpc) is 2.73. The van der Waals surface area contributed by atoms with Crippen molar-refractivity contribution in [1.29, 1.82) is 0 Å². The van der Waals surface area contributed by atoms with E-state index in [1.54, 1.807) is 30.3 Å². The highest BCUT2D eigenvalue weighted by Gasteiger charge is 2.15. The smallest absolute Gasteiger partial charge is 0.287 e. The van der Waals surface area contributed by atoms with E-state index in [0.717, 1.165) is 37.0 Å². The van der Waals surface area contributed by atoms with E-state index < -0.39 is 5.91 Å². The summed E-state index contributed by atoms with van der Waals surface area (Å²) in [4.78, 5) is 25.1. The zero-order valence-corrected chi connectivity index (χ0v) is 15.2. The minimum absolute atomic E-state index is 0.162. The lowest BCUT2D eigenvalue weighted by Crippen LogP contribution is -2.33. The van der Waals surface area contributed by atoms with E-state index in [1.165, 1.54) is 6.42 Å². The van der Waals surface area contributed by atoms with Gasteiger partial charge in [-0.25, -0.2) is 5.43 Å². The van der Waals surface area contributed by atoms with Gasteiger partial charge in [-0.2, -0.15) is 5.10 Å². The first-order chi connectivity index (χ1) is 13.2. The Kier molecular flexibility index (Phi) is 6.52. The molecule has 0 unspecified atom stereocenters. The molecule has 2 aromatic carbocycles. The molecule has 0 bridgehead atoms. The van der Waals surface area contributed by atoms with Crippen molar-refractivity contribution in [3.05, 3.63) is 77.5 Å². The molecule has 2 amide bonds. The molecule has 27 heavy (non-hydrogen) atoms. The van der Waals surface area contributed by atoms with Gasteiger partial charge in [0, 0.05) is 11.3 Å². The molecule has 3 rings (SSSR count). The number of benzene rings is 2. The monoisotopic (exact) mass is 361 g/mol. The van der Waals surface area contributed by atoms with Crippen LogP contribution in [0.1, 0.15) is 48.0 Å². The van der Waals surface area contributed by atoms with Crippen LogP contribution in [-0.2, 0) is 4.79 Å². The molecule has 0 atom stereocenters. The molecule has 1 aliphatic rings. The van der Waals surface area contributed by atoms with Gasteiger partial charge >= 0.3 is 0 Å². The molecule has 1 aliphatic carbocycles. The third kappa shape index (κ3) is 5.64. The Morgan fingerprint density at radius 1 is 0.852 bits per heavy atom. The van der Waals surface area contributed by atoms with E-state index in [9.17, 15) is 9.59 Å². The van der Waals surface area contributed by atoms with Gasteiger partial charge < -0.3 is 5.32 Å². The predicted molar refractivity (Wildman–Crippen MR) is 107 cm³/mol. The first kappa shape index (κ1) is 18.6. The molecule has 1 saturated carbocycles. The van der Waals surface area contributed by atoms with Crippen molar-refractivity contribution in [2.45, 2.75) is 32.1 Å². The van der Waals surface area contributed by atoms with Gasteiger partial charge in [-0.15, -0.1) is 0 Å². The molecule has 2 N–H and O–H groups in total. The summed E-state index contributed by atoms with van der Waals surface area (Å²) in [5, 5.41) is 6.96. The fourth-order valence-corrected chi connectivity index (χ4v) is 2.92. The number of rotatable bonds is 5. The van der Waals surface area contributed by atoms with Gasteiger partial charge in [0.25, 0.3) is 11.8 Å². The summed E-state index contributed by atoms with van der Waals surface area (Å²) in [5.74, 6) is -0.764. The number of hydrogen-bond acceptors (Lipinski definition) is 3. The molecular formula is C22H23N3O2. The van der Waals surface area contributed by atoms with Gasteiger partial charge in [0.2, 0.25) is 0 Å². The maximum Gasteiger partial charge on any atom is 0.287 e. The number of carbonyl (C=O) groups excluding carboxylic acids is 2. The summed E-state index contributed by atoms with van der Waals surface area (Å²) in [6.07, 6.45) is 6.89. The zero-order valence-electron chi connectivity index (χ0n) is 15.2. The second kappa shape index (κ2) is 9.48. The molecule has 0 heterocycles. The number of hydrogen-bond donors (Lipinski definition) is 2. The van der Waals surface area contributed by atoms with Crippen molar-refractivity contribution in [3.63, 3.8) is 0 Å². The Labute approximate surface area is 159 Å². The van der Waals surface area contributed by atoms with Crippen LogP contribution in [0.5, 0.6) is 0 Å². The third-order valence-corrected chi connectivity index (χ3v) is 4.39. The quantitative estimate of drug-likeness (QED) is 0.626. The van der Waals surface area contributed by atoms with E-state index in [0.29, 0.717) is 5.56 Å². The number of nitrogens with one attached hydrogen (secondary N) is 2. The fourth-order valence-electron chi connectivity index (χ4n) is 2.92. The van der Waals surface area contributed by atoms with Gasteiger partial charge in [-0.05, 0) is 49.5 Å². The molecule has 2 aromatic rings. The third-order valence-electron chi connectivity index (χ3n) is 4.39. The number of hydrazone groups is 1. The molecule has 5 nitrogen and oxygen atoms in total. The van der Waals surface area contributed by atoms with Crippen molar-refractivity contribution in [2.24, 2.45) is 5.10 Å². The summed E-state index contributed by atoms with van der Waals surface area (Å²) in [7, 11) is 0. The van der Waals surface area contributed by atoms with Crippen LogP contribution in [0.2, 0.25) is 0 Å². The van der Waals surface area contributed by atoms with Crippen LogP contribution in [0.4, 0.5) is 0 Å². The van der Waals surface area contributed by atoms with Crippen LogP contribution in [0.3, 0.4) is 0 Å². The van der Waals surface area contributed by atoms with Crippen molar-refractivity contribution in [3.8, 4) is 0 Å². The van der Waals surface area contributed by atoms with Gasteiger partial charge in [-0.1, -0.05) is 55.0 Å². The van der Waals surface area contributed by atoms with Crippen LogP contribution >= 0.6 is 0 Å². The van der Waals surface area contributed by atoms with Crippen molar-refractivity contribution in [1.82, 2.24) is 10.7 Å². The van der Waals surface area contributed by atoms with Gasteiger partial charge in [0.15, 0.2) is 0 Å². The van der Waals surface area contributed by atoms with Crippen LogP contribution < -0.4 is 10.7 Å². The summed E-state index contributed by atoms with van der Waals surface area (Å²) < 4.78 is 0. The molecule has 0 radical (unpaired) electrons. The Bertz CT molecular complexity index is 834. The fraction of sp³-hybridized carbons (Fsp3) is 0.227. The molecule has 138 valence electrons. The summed E-state index contributed by atoms with van der Waals surface area (Å²) in [5.41, 5.74) is 5.07. The topological polar surface area (TPSA) is 70.6 Å². The lowest BCUT2D eigenvalue weighted by Gasteiger charge is -2.13. The maximum absolute atomic E-state index is 12.7. The summed E-state index contributed by atoms with van der Waals surface area (Å²) in [6, 6.07) is 18.2. The van der Waals surface area contributed by atoms with Gasteiger partial charge in [0.1, 0.15) is 5.70 Å². The first-order valence-electron chi connectivity index (χ1n) is 9.21. The average molecular weight is 361 g/mol. The van der Waals surface area contributed by atoms with E-state index in [-0.39, 0.29) is 11.6 Å². The Balaban J connectivity index is 1.78. The second-order valence-electron chi connectivity index (χ2n) is 6.47. The largest absolute Gasteiger partial charge is 0.317 e. The SMILES string of the molecule is O=C(NN=C1CCCCC1)/C(=C/c1ccccc1)NC(=O)c1ccccc1. The molecule has 0 spiro atoms. The Morgan fingerprint density at radius 3 is 2.15 bits per heavy atom. The van der Waals surface area contributed by atoms with Gasteiger partial charge in [0.05, 0.1) is 0 Å². The second-order valence-corrected chi connectivity index (χ2v) is 6.47. The minimum Gasteiger partial charge on any atom is -0.317 e. The molecule has 0 saturated heterocycles. The van der Waals surface area contributed by atoms with Crippen LogP contribution in [0.15, 0.2) is 71.5 Å². The van der Waals surface area contributed by atoms with Crippen molar-refractivity contribution < 1.29 is 9.59 Å². The van der Waals surface area contributed by atoms with Crippen LogP contribution in [0, 0.1) is 0 Å². The van der Waals surface area contributed by atoms with Crippen molar-refractivity contribution >= 4 is 23.6 Å². The molecular weight excluding hydrogens is 338 g/mol. The molecule has 0 aliphatic heterocycles. The number of amides is 2. The predicted octanol–water partition coefficient (Wildman–Crippen LogP) is 3.89. The van der Waals surface area contributed by atoms with Crippen LogP contribution in [0.25, 0.3) is 6.08 Å². The molecule has 0 aromatic heterocycles. The normalized spacial score (nSPS) is 14.4. The number of nitrogens with zero attached hydrogens (tertiary/aromatic N) is 1. The highest BCUT2D eigenvalue weighted by atomic mass is 16.2. The highest BCUT2D eigenvalue weighted by molar-refractivity contribution is 6.05. The maximum atomic E-state index is 12.7. The Hall–Kier alpha value is -3.21. The molecule has 5 heteroatoms. The van der Waals surface area contributed by atoms with Crippen LogP contribution in [-0.4, -0.2) is 17.5 Å². The lowest BCUT2D eigenvalue weighted by atomic mass is 9.99. The first-order valence-corrected chi connectivity index (χ1v) is 9.21. The van der Waals surface area contributed by atoms with Gasteiger partial charge in [-0.3, -0.25) is 9.59 Å². The summed E-state index contributed by atoms with van der Waals surface area (Å²) >= 11 is 0. The number of carbonyl (C=O) groups is 2.